The Labute approximate surface area is 117 Å². The van der Waals surface area contributed by atoms with Crippen LogP contribution in [-0.4, -0.2) is 19.4 Å². The Morgan fingerprint density at radius 1 is 1.10 bits per heavy atom. The summed E-state index contributed by atoms with van der Waals surface area (Å²) in [5, 5.41) is 4.11. The number of para-hydroxylation sites is 1. The van der Waals surface area contributed by atoms with Crippen molar-refractivity contribution in [1.82, 2.24) is 19.4 Å². The summed E-state index contributed by atoms with van der Waals surface area (Å²) in [5.41, 5.74) is 2.66. The number of nitrogens with zero attached hydrogens (tertiary/aromatic N) is 2. The Hall–Kier alpha value is -3.08. The summed E-state index contributed by atoms with van der Waals surface area (Å²) < 4.78 is 1.97. The van der Waals surface area contributed by atoms with Crippen molar-refractivity contribution in [3.8, 4) is 0 Å². The van der Waals surface area contributed by atoms with Crippen molar-refractivity contribution in [1.29, 1.82) is 0 Å². The molecule has 0 amide bonds. The van der Waals surface area contributed by atoms with Crippen LogP contribution in [0.3, 0.4) is 0 Å². The van der Waals surface area contributed by atoms with Gasteiger partial charge in [0.2, 0.25) is 0 Å². The standard InChI is InChI=1S/C16H10N4O/c1-8-12-11-6-17-7-20(11)15-13(14(12)16(21)18-8)9-4-2-3-5-10(9)19-15/h2-7,19H,1H2,(H,18,21). The fourth-order valence-electron chi connectivity index (χ4n) is 3.27. The van der Waals surface area contributed by atoms with E-state index in [1.807, 2.05) is 28.7 Å². The molecule has 0 fully saturated rings. The van der Waals surface area contributed by atoms with Gasteiger partial charge in [-0.3, -0.25) is 9.20 Å². The lowest BCUT2D eigenvalue weighted by molar-refractivity contribution is 1.19. The Balaban J connectivity index is 2.35. The third-order valence-corrected chi connectivity index (χ3v) is 4.12. The average Bonchev–Trinajstić information content (AvgIpc) is 3.14. The molecular weight excluding hydrogens is 264 g/mol. The number of aromatic amines is 2. The molecule has 100 valence electrons. The maximum atomic E-state index is 12.4. The van der Waals surface area contributed by atoms with E-state index >= 15 is 0 Å². The van der Waals surface area contributed by atoms with Gasteiger partial charge < -0.3 is 9.97 Å². The Bertz CT molecular complexity index is 1270. The molecule has 1 aromatic carbocycles. The van der Waals surface area contributed by atoms with E-state index < -0.39 is 0 Å². The molecule has 0 saturated carbocycles. The smallest absolute Gasteiger partial charge is 0.257 e. The Morgan fingerprint density at radius 2 is 1.95 bits per heavy atom. The van der Waals surface area contributed by atoms with E-state index in [2.05, 4.69) is 21.5 Å². The first-order valence-corrected chi connectivity index (χ1v) is 6.65. The minimum absolute atomic E-state index is 0.103. The summed E-state index contributed by atoms with van der Waals surface area (Å²) in [6.07, 6.45) is 3.51. The highest BCUT2D eigenvalue weighted by Gasteiger charge is 2.17. The first-order valence-electron chi connectivity index (χ1n) is 6.65. The van der Waals surface area contributed by atoms with Gasteiger partial charge in [-0.2, -0.15) is 0 Å². The summed E-state index contributed by atoms with van der Waals surface area (Å²) in [4.78, 5) is 22.8. The van der Waals surface area contributed by atoms with Crippen LogP contribution in [0.25, 0.3) is 44.8 Å². The monoisotopic (exact) mass is 274 g/mol. The first kappa shape index (κ1) is 10.7. The largest absolute Gasteiger partial charge is 0.340 e. The van der Waals surface area contributed by atoms with Gasteiger partial charge in [0.1, 0.15) is 12.0 Å². The third kappa shape index (κ3) is 1.12. The van der Waals surface area contributed by atoms with Gasteiger partial charge in [-0.25, -0.2) is 4.98 Å². The van der Waals surface area contributed by atoms with Gasteiger partial charge in [0.25, 0.3) is 5.56 Å². The summed E-state index contributed by atoms with van der Waals surface area (Å²) in [7, 11) is 0. The maximum absolute atomic E-state index is 12.4. The van der Waals surface area contributed by atoms with Gasteiger partial charge in [0.15, 0.2) is 0 Å². The zero-order chi connectivity index (χ0) is 14.1. The zero-order valence-corrected chi connectivity index (χ0v) is 11.0. The van der Waals surface area contributed by atoms with Crippen LogP contribution in [0.2, 0.25) is 0 Å². The van der Waals surface area contributed by atoms with Gasteiger partial charge in [0, 0.05) is 27.0 Å². The lowest BCUT2D eigenvalue weighted by Crippen LogP contribution is -2.05. The summed E-state index contributed by atoms with van der Waals surface area (Å²) in [5.74, 6) is 0. The fourth-order valence-corrected chi connectivity index (χ4v) is 3.27. The number of aromatic nitrogens is 4. The molecule has 5 heteroatoms. The quantitative estimate of drug-likeness (QED) is 0.453. The van der Waals surface area contributed by atoms with Crippen LogP contribution in [0.5, 0.6) is 0 Å². The molecule has 0 aliphatic rings. The molecule has 0 aliphatic heterocycles. The van der Waals surface area contributed by atoms with Gasteiger partial charge in [-0.1, -0.05) is 24.8 Å². The zero-order valence-electron chi connectivity index (χ0n) is 11.0. The second kappa shape index (κ2) is 3.32. The maximum Gasteiger partial charge on any atom is 0.257 e. The Kier molecular flexibility index (Phi) is 1.69. The van der Waals surface area contributed by atoms with Crippen molar-refractivity contribution in [2.45, 2.75) is 0 Å². The van der Waals surface area contributed by atoms with Crippen LogP contribution in [0.4, 0.5) is 0 Å². The molecule has 5 aromatic rings. The van der Waals surface area contributed by atoms with Gasteiger partial charge in [0.05, 0.1) is 17.1 Å². The van der Waals surface area contributed by atoms with E-state index in [0.29, 0.717) is 10.7 Å². The highest BCUT2D eigenvalue weighted by molar-refractivity contribution is 6.22. The van der Waals surface area contributed by atoms with E-state index in [1.165, 1.54) is 0 Å². The summed E-state index contributed by atoms with van der Waals surface area (Å²) in [6, 6.07) is 7.97. The number of pyridine rings is 1. The molecule has 5 rings (SSSR count). The molecule has 0 unspecified atom stereocenters. The highest BCUT2D eigenvalue weighted by Crippen LogP contribution is 2.31. The minimum Gasteiger partial charge on any atom is -0.340 e. The molecule has 4 aromatic heterocycles. The summed E-state index contributed by atoms with van der Waals surface area (Å²) in [6.45, 7) is 3.96. The first-order chi connectivity index (χ1) is 10.3. The van der Waals surface area contributed by atoms with Crippen LogP contribution in [-0.2, 0) is 0 Å². The number of imidazole rings is 1. The van der Waals surface area contributed by atoms with E-state index in [-0.39, 0.29) is 5.56 Å². The van der Waals surface area contributed by atoms with E-state index in [9.17, 15) is 4.79 Å². The normalized spacial score (nSPS) is 12.2. The molecule has 21 heavy (non-hydrogen) atoms. The second-order valence-electron chi connectivity index (χ2n) is 5.23. The topological polar surface area (TPSA) is 65.9 Å². The number of hydrogen-bond acceptors (Lipinski definition) is 2. The van der Waals surface area contributed by atoms with E-state index in [1.54, 1.807) is 12.5 Å². The molecule has 0 bridgehead atoms. The molecule has 4 heterocycles. The number of rotatable bonds is 0. The van der Waals surface area contributed by atoms with Crippen molar-refractivity contribution >= 4 is 44.8 Å². The van der Waals surface area contributed by atoms with Gasteiger partial charge in [-0.05, 0) is 6.07 Å². The number of nitrogens with one attached hydrogen (secondary N) is 2. The summed E-state index contributed by atoms with van der Waals surface area (Å²) >= 11 is 0. The molecule has 0 saturated heterocycles. The predicted molar refractivity (Wildman–Crippen MR) is 83.4 cm³/mol. The van der Waals surface area contributed by atoms with Crippen LogP contribution >= 0.6 is 0 Å². The van der Waals surface area contributed by atoms with Crippen LogP contribution in [0.15, 0.2) is 41.6 Å². The minimum atomic E-state index is -0.103. The van der Waals surface area contributed by atoms with Crippen molar-refractivity contribution in [3.63, 3.8) is 0 Å². The number of hydrogen-bond donors (Lipinski definition) is 2. The van der Waals surface area contributed by atoms with Gasteiger partial charge in [-0.15, -0.1) is 0 Å². The predicted octanol–water partition coefficient (Wildman–Crippen LogP) is 1.94. The molecule has 0 radical (unpaired) electrons. The fraction of sp³-hybridized carbons (Fsp3) is 0. The molecule has 0 atom stereocenters. The molecule has 0 spiro atoms. The van der Waals surface area contributed by atoms with Crippen LogP contribution in [0, 0.1) is 0 Å². The number of benzene rings is 1. The van der Waals surface area contributed by atoms with Crippen LogP contribution in [0.1, 0.15) is 0 Å². The Morgan fingerprint density at radius 3 is 2.86 bits per heavy atom. The lowest BCUT2D eigenvalue weighted by atomic mass is 10.1. The number of H-pyrrole nitrogens is 2. The third-order valence-electron chi connectivity index (χ3n) is 4.12. The average molecular weight is 274 g/mol. The lowest BCUT2D eigenvalue weighted by Gasteiger charge is -2.00. The van der Waals surface area contributed by atoms with Crippen LogP contribution < -0.4 is 10.9 Å². The van der Waals surface area contributed by atoms with Crippen molar-refractivity contribution < 1.29 is 0 Å². The highest BCUT2D eigenvalue weighted by atomic mass is 16.1. The van der Waals surface area contributed by atoms with Crippen molar-refractivity contribution in [3.05, 3.63) is 52.5 Å². The van der Waals surface area contributed by atoms with Gasteiger partial charge >= 0.3 is 0 Å². The molecule has 5 nitrogen and oxygen atoms in total. The van der Waals surface area contributed by atoms with Crippen molar-refractivity contribution in [2.24, 2.45) is 0 Å². The van der Waals surface area contributed by atoms with E-state index in [0.717, 1.165) is 32.8 Å². The van der Waals surface area contributed by atoms with Crippen molar-refractivity contribution in [2.75, 3.05) is 0 Å². The molecule has 2 N–H and O–H groups in total. The molecule has 0 aliphatic carbocycles. The second-order valence-corrected chi connectivity index (χ2v) is 5.23. The van der Waals surface area contributed by atoms with E-state index in [4.69, 9.17) is 0 Å². The SMILES string of the molecule is C=c1[nH]c(=O)c2c1c1cncn1c1[nH]c3ccccc3c21. The number of fused-ring (bicyclic) bond motifs is 8. The molecular formula is C16H10N4O.